The zero-order valence-electron chi connectivity index (χ0n) is 17.2. The predicted molar refractivity (Wildman–Crippen MR) is 117 cm³/mol. The van der Waals surface area contributed by atoms with Gasteiger partial charge in [0.25, 0.3) is 0 Å². The number of carbonyl (C=O) groups excluding carboxylic acids is 2. The monoisotopic (exact) mass is 407 g/mol. The second-order valence-corrected chi connectivity index (χ2v) is 7.75. The van der Waals surface area contributed by atoms with E-state index in [9.17, 15) is 9.59 Å². The van der Waals surface area contributed by atoms with Crippen molar-refractivity contribution in [1.82, 2.24) is 10.2 Å². The molecule has 0 spiro atoms. The third kappa shape index (κ3) is 5.04. The SMILES string of the molecule is CC(NC(=O)[C@@H]1CCCN1C(=O)[C@@H](N)Cc1ccccc1)c1ccc(C(=N)N)cc1. The summed E-state index contributed by atoms with van der Waals surface area (Å²) in [5.41, 5.74) is 14.2. The van der Waals surface area contributed by atoms with E-state index in [4.69, 9.17) is 16.9 Å². The molecule has 3 rings (SSSR count). The number of nitrogens with two attached hydrogens (primary N) is 2. The smallest absolute Gasteiger partial charge is 0.243 e. The first-order valence-electron chi connectivity index (χ1n) is 10.2. The Bertz CT molecular complexity index is 898. The molecule has 1 aliphatic heterocycles. The molecule has 30 heavy (non-hydrogen) atoms. The van der Waals surface area contributed by atoms with Crippen LogP contribution in [-0.4, -0.2) is 41.2 Å². The lowest BCUT2D eigenvalue weighted by Gasteiger charge is -2.28. The minimum atomic E-state index is -0.669. The van der Waals surface area contributed by atoms with Crippen LogP contribution in [0.15, 0.2) is 54.6 Å². The lowest BCUT2D eigenvalue weighted by molar-refractivity contribution is -0.139. The highest BCUT2D eigenvalue weighted by Gasteiger charge is 2.36. The summed E-state index contributed by atoms with van der Waals surface area (Å²) in [6.07, 6.45) is 1.86. The number of nitrogen functional groups attached to an aromatic ring is 1. The molecular formula is C23H29N5O2. The number of amides is 2. The van der Waals surface area contributed by atoms with Crippen LogP contribution in [0, 0.1) is 5.41 Å². The third-order valence-corrected chi connectivity index (χ3v) is 5.53. The van der Waals surface area contributed by atoms with Crippen LogP contribution >= 0.6 is 0 Å². The van der Waals surface area contributed by atoms with Crippen molar-refractivity contribution in [2.24, 2.45) is 11.5 Å². The van der Waals surface area contributed by atoms with Gasteiger partial charge in [0.1, 0.15) is 11.9 Å². The first-order valence-corrected chi connectivity index (χ1v) is 10.2. The van der Waals surface area contributed by atoms with Crippen LogP contribution < -0.4 is 16.8 Å². The lowest BCUT2D eigenvalue weighted by Crippen LogP contribution is -2.52. The van der Waals surface area contributed by atoms with Gasteiger partial charge in [-0.1, -0.05) is 54.6 Å². The molecule has 1 aliphatic rings. The number of likely N-dealkylation sites (tertiary alicyclic amines) is 1. The van der Waals surface area contributed by atoms with Gasteiger partial charge in [-0.3, -0.25) is 15.0 Å². The topological polar surface area (TPSA) is 125 Å². The van der Waals surface area contributed by atoms with Gasteiger partial charge in [0.2, 0.25) is 11.8 Å². The van der Waals surface area contributed by atoms with E-state index in [2.05, 4.69) is 5.32 Å². The number of nitrogens with zero attached hydrogens (tertiary/aromatic N) is 1. The number of nitrogens with one attached hydrogen (secondary N) is 2. The van der Waals surface area contributed by atoms with Crippen molar-refractivity contribution >= 4 is 17.6 Å². The van der Waals surface area contributed by atoms with E-state index >= 15 is 0 Å². The van der Waals surface area contributed by atoms with Crippen molar-refractivity contribution in [2.75, 3.05) is 6.54 Å². The molecule has 1 unspecified atom stereocenters. The standard InChI is InChI=1S/C23H29N5O2/c1-15(17-9-11-18(12-10-17)21(25)26)27-22(29)20-8-5-13-28(20)23(30)19(24)14-16-6-3-2-4-7-16/h2-4,6-7,9-12,15,19-20H,5,8,13-14,24H2,1H3,(H3,25,26)(H,27,29)/t15?,19-,20-/m0/s1. The predicted octanol–water partition coefficient (Wildman–Crippen LogP) is 1.71. The molecule has 0 radical (unpaired) electrons. The van der Waals surface area contributed by atoms with E-state index in [0.29, 0.717) is 24.9 Å². The Morgan fingerprint density at radius 1 is 1.17 bits per heavy atom. The maximum Gasteiger partial charge on any atom is 0.243 e. The Kier molecular flexibility index (Phi) is 6.84. The number of hydrogen-bond acceptors (Lipinski definition) is 4. The molecule has 7 heteroatoms. The highest BCUT2D eigenvalue weighted by molar-refractivity contribution is 5.95. The summed E-state index contributed by atoms with van der Waals surface area (Å²) in [5.74, 6) is -0.351. The molecule has 1 heterocycles. The fourth-order valence-corrected chi connectivity index (χ4v) is 3.82. The summed E-state index contributed by atoms with van der Waals surface area (Å²) in [6.45, 7) is 2.43. The van der Waals surface area contributed by atoms with Crippen molar-refractivity contribution in [1.29, 1.82) is 5.41 Å². The Morgan fingerprint density at radius 3 is 2.47 bits per heavy atom. The highest BCUT2D eigenvalue weighted by atomic mass is 16.2. The maximum absolute atomic E-state index is 12.9. The molecule has 3 atom stereocenters. The van der Waals surface area contributed by atoms with Gasteiger partial charge in [0, 0.05) is 12.1 Å². The Balaban J connectivity index is 1.61. The third-order valence-electron chi connectivity index (χ3n) is 5.53. The van der Waals surface area contributed by atoms with Crippen LogP contribution in [-0.2, 0) is 16.0 Å². The molecule has 0 saturated carbocycles. The second-order valence-electron chi connectivity index (χ2n) is 7.75. The Labute approximate surface area is 176 Å². The minimum Gasteiger partial charge on any atom is -0.384 e. The van der Waals surface area contributed by atoms with Crippen molar-refractivity contribution in [2.45, 2.75) is 44.3 Å². The zero-order valence-corrected chi connectivity index (χ0v) is 17.2. The quantitative estimate of drug-likeness (QED) is 0.412. The van der Waals surface area contributed by atoms with E-state index < -0.39 is 12.1 Å². The molecular weight excluding hydrogens is 378 g/mol. The van der Waals surface area contributed by atoms with E-state index in [1.54, 1.807) is 17.0 Å². The van der Waals surface area contributed by atoms with Gasteiger partial charge in [0.15, 0.2) is 0 Å². The average Bonchev–Trinajstić information content (AvgIpc) is 3.24. The molecule has 2 amide bonds. The van der Waals surface area contributed by atoms with Gasteiger partial charge >= 0.3 is 0 Å². The normalized spacial score (nSPS) is 17.9. The number of benzene rings is 2. The number of rotatable bonds is 7. The van der Waals surface area contributed by atoms with Gasteiger partial charge in [-0.25, -0.2) is 0 Å². The molecule has 0 aliphatic carbocycles. The summed E-state index contributed by atoms with van der Waals surface area (Å²) in [5, 5.41) is 10.5. The Morgan fingerprint density at radius 2 is 1.83 bits per heavy atom. The van der Waals surface area contributed by atoms with Gasteiger partial charge < -0.3 is 21.7 Å². The largest absolute Gasteiger partial charge is 0.384 e. The lowest BCUT2D eigenvalue weighted by atomic mass is 10.0. The molecule has 1 saturated heterocycles. The molecule has 1 fully saturated rings. The van der Waals surface area contributed by atoms with Crippen LogP contribution in [0.3, 0.4) is 0 Å². The fraction of sp³-hybridized carbons (Fsp3) is 0.348. The highest BCUT2D eigenvalue weighted by Crippen LogP contribution is 2.21. The van der Waals surface area contributed by atoms with Crippen LogP contribution in [0.2, 0.25) is 0 Å². The summed E-state index contributed by atoms with van der Waals surface area (Å²) in [6, 6.07) is 15.5. The molecule has 7 nitrogen and oxygen atoms in total. The maximum atomic E-state index is 12.9. The average molecular weight is 408 g/mol. The summed E-state index contributed by atoms with van der Waals surface area (Å²) < 4.78 is 0. The van der Waals surface area contributed by atoms with Crippen LogP contribution in [0.4, 0.5) is 0 Å². The molecule has 6 N–H and O–H groups in total. The van der Waals surface area contributed by atoms with Crippen LogP contribution in [0.1, 0.15) is 42.5 Å². The number of amidine groups is 1. The second kappa shape index (κ2) is 9.54. The molecule has 0 bridgehead atoms. The van der Waals surface area contributed by atoms with Crippen molar-refractivity contribution in [3.05, 3.63) is 71.3 Å². The fourth-order valence-electron chi connectivity index (χ4n) is 3.82. The first kappa shape index (κ1) is 21.5. The zero-order chi connectivity index (χ0) is 21.7. The van der Waals surface area contributed by atoms with Crippen molar-refractivity contribution < 1.29 is 9.59 Å². The number of carbonyl (C=O) groups is 2. The van der Waals surface area contributed by atoms with Crippen LogP contribution in [0.5, 0.6) is 0 Å². The minimum absolute atomic E-state index is 0.00481. The molecule has 2 aromatic carbocycles. The van der Waals surface area contributed by atoms with Crippen molar-refractivity contribution in [3.8, 4) is 0 Å². The summed E-state index contributed by atoms with van der Waals surface area (Å²) in [4.78, 5) is 27.4. The molecule has 2 aromatic rings. The summed E-state index contributed by atoms with van der Waals surface area (Å²) >= 11 is 0. The Hall–Kier alpha value is -3.19. The van der Waals surface area contributed by atoms with E-state index in [0.717, 1.165) is 17.5 Å². The van der Waals surface area contributed by atoms with E-state index in [1.165, 1.54) is 0 Å². The van der Waals surface area contributed by atoms with Gasteiger partial charge in [-0.05, 0) is 37.3 Å². The summed E-state index contributed by atoms with van der Waals surface area (Å²) in [7, 11) is 0. The van der Waals surface area contributed by atoms with Gasteiger partial charge in [0.05, 0.1) is 12.1 Å². The number of hydrogen-bond donors (Lipinski definition) is 4. The molecule has 158 valence electrons. The van der Waals surface area contributed by atoms with Crippen LogP contribution in [0.25, 0.3) is 0 Å². The molecule has 0 aromatic heterocycles. The van der Waals surface area contributed by atoms with Crippen molar-refractivity contribution in [3.63, 3.8) is 0 Å². The van der Waals surface area contributed by atoms with Gasteiger partial charge in [-0.15, -0.1) is 0 Å². The van der Waals surface area contributed by atoms with Gasteiger partial charge in [-0.2, -0.15) is 0 Å². The van der Waals surface area contributed by atoms with E-state index in [1.807, 2.05) is 49.4 Å². The first-order chi connectivity index (χ1) is 14.4. The van der Waals surface area contributed by atoms with E-state index in [-0.39, 0.29) is 23.7 Å².